The van der Waals surface area contributed by atoms with E-state index in [4.69, 9.17) is 9.47 Å². The van der Waals surface area contributed by atoms with Crippen molar-refractivity contribution in [3.63, 3.8) is 0 Å². The summed E-state index contributed by atoms with van der Waals surface area (Å²) in [5, 5.41) is 2.65. The third-order valence-electron chi connectivity index (χ3n) is 4.77. The normalized spacial score (nSPS) is 18.8. The molecule has 0 saturated carbocycles. The van der Waals surface area contributed by atoms with Crippen LogP contribution in [0.1, 0.15) is 29.8 Å². The maximum atomic E-state index is 12.6. The number of carbonyl (C=O) groups excluding carboxylic acids is 2. The van der Waals surface area contributed by atoms with E-state index in [0.29, 0.717) is 28.1 Å². The van der Waals surface area contributed by atoms with E-state index >= 15 is 0 Å². The molecule has 2 aliphatic heterocycles. The van der Waals surface area contributed by atoms with E-state index in [1.165, 1.54) is 18.2 Å². The number of hydrogen-bond donors (Lipinski definition) is 1. The Hall–Kier alpha value is -3.07. The van der Waals surface area contributed by atoms with Gasteiger partial charge < -0.3 is 14.8 Å². The highest BCUT2D eigenvalue weighted by Crippen LogP contribution is 2.38. The summed E-state index contributed by atoms with van der Waals surface area (Å²) in [5.41, 5.74) is 1.41. The third kappa shape index (κ3) is 3.31. The molecule has 0 spiro atoms. The number of rotatable bonds is 5. The molecule has 8 nitrogen and oxygen atoms in total. The Balaban J connectivity index is 1.57. The van der Waals surface area contributed by atoms with Crippen LogP contribution in [0.2, 0.25) is 0 Å². The fraction of sp³-hybridized carbons (Fsp3) is 0.300. The van der Waals surface area contributed by atoms with E-state index in [-0.39, 0.29) is 16.6 Å². The smallest absolute Gasteiger partial charge is 0.269 e. The van der Waals surface area contributed by atoms with Gasteiger partial charge in [-0.2, -0.15) is 0 Å². The summed E-state index contributed by atoms with van der Waals surface area (Å²) in [7, 11) is -4.05. The van der Waals surface area contributed by atoms with Crippen molar-refractivity contribution in [1.29, 1.82) is 0 Å². The Morgan fingerprint density at radius 1 is 1.31 bits per heavy atom. The van der Waals surface area contributed by atoms with E-state index in [0.717, 1.165) is 12.0 Å². The second-order valence-electron chi connectivity index (χ2n) is 6.88. The molecule has 2 aromatic carbocycles. The average molecular weight is 416 g/mol. The largest absolute Gasteiger partial charge is 0.492 e. The molecule has 0 saturated heterocycles. The van der Waals surface area contributed by atoms with Gasteiger partial charge in [0.25, 0.3) is 15.9 Å². The van der Waals surface area contributed by atoms with Gasteiger partial charge in [-0.25, -0.2) is 12.7 Å². The zero-order valence-electron chi connectivity index (χ0n) is 16.0. The zero-order chi connectivity index (χ0) is 20.8. The first-order valence-electron chi connectivity index (χ1n) is 9.23. The quantitative estimate of drug-likeness (QED) is 0.802. The van der Waals surface area contributed by atoms with Gasteiger partial charge in [-0.1, -0.05) is 12.1 Å². The van der Waals surface area contributed by atoms with Gasteiger partial charge in [0, 0.05) is 18.1 Å². The van der Waals surface area contributed by atoms with Crippen molar-refractivity contribution >= 4 is 27.5 Å². The first-order chi connectivity index (χ1) is 13.8. The van der Waals surface area contributed by atoms with Crippen LogP contribution in [0.4, 0.5) is 5.69 Å². The molecule has 2 heterocycles. The van der Waals surface area contributed by atoms with Crippen molar-refractivity contribution in [2.75, 3.05) is 18.5 Å². The van der Waals surface area contributed by atoms with Crippen molar-refractivity contribution < 1.29 is 27.5 Å². The van der Waals surface area contributed by atoms with Crippen molar-refractivity contribution in [3.8, 4) is 11.5 Å². The maximum absolute atomic E-state index is 12.6. The lowest BCUT2D eigenvalue weighted by atomic mass is 10.1. The minimum Gasteiger partial charge on any atom is -0.492 e. The Morgan fingerprint density at radius 2 is 2.07 bits per heavy atom. The van der Waals surface area contributed by atoms with E-state index in [9.17, 15) is 18.0 Å². The van der Waals surface area contributed by atoms with Gasteiger partial charge in [-0.3, -0.25) is 9.59 Å². The van der Waals surface area contributed by atoms with Crippen LogP contribution in [0.15, 0.2) is 41.3 Å². The fourth-order valence-corrected chi connectivity index (χ4v) is 5.04. The van der Waals surface area contributed by atoms with Crippen LogP contribution in [-0.4, -0.2) is 43.8 Å². The molecule has 1 N–H and O–H groups in total. The monoisotopic (exact) mass is 416 g/mol. The minimum absolute atomic E-state index is 0.0243. The van der Waals surface area contributed by atoms with Crippen LogP contribution in [0, 0.1) is 0 Å². The number of nitrogens with one attached hydrogen (secondary N) is 1. The molecule has 29 heavy (non-hydrogen) atoms. The SMILES string of the molecule is CCOc1cc2c(cc1NC(=O)CN1C(=O)c3ccccc3S1(=O)=O)O[C@H](C)C2. The third-order valence-corrected chi connectivity index (χ3v) is 6.56. The summed E-state index contributed by atoms with van der Waals surface area (Å²) in [5.74, 6) is -0.252. The van der Waals surface area contributed by atoms with Crippen LogP contribution in [0.3, 0.4) is 0 Å². The number of hydrogen-bond acceptors (Lipinski definition) is 6. The Labute approximate surface area is 168 Å². The molecule has 0 radical (unpaired) electrons. The molecule has 0 fully saturated rings. The highest BCUT2D eigenvalue weighted by atomic mass is 32.2. The Morgan fingerprint density at radius 3 is 2.79 bits per heavy atom. The topological polar surface area (TPSA) is 102 Å². The van der Waals surface area contributed by atoms with Gasteiger partial charge in [-0.15, -0.1) is 0 Å². The number of amides is 2. The number of carbonyl (C=O) groups is 2. The van der Waals surface area contributed by atoms with Crippen LogP contribution in [-0.2, 0) is 21.2 Å². The van der Waals surface area contributed by atoms with E-state index in [1.54, 1.807) is 12.1 Å². The van der Waals surface area contributed by atoms with Gasteiger partial charge in [0.2, 0.25) is 5.91 Å². The van der Waals surface area contributed by atoms with Crippen LogP contribution in [0.25, 0.3) is 0 Å². The molecular formula is C20H20N2O6S. The number of anilines is 1. The molecule has 152 valence electrons. The molecule has 1 atom stereocenters. The molecule has 2 aliphatic rings. The van der Waals surface area contributed by atoms with Gasteiger partial charge in [0.1, 0.15) is 29.0 Å². The summed E-state index contributed by atoms with van der Waals surface area (Å²) in [6.07, 6.45) is 0.763. The summed E-state index contributed by atoms with van der Waals surface area (Å²) < 4.78 is 37.2. The summed E-state index contributed by atoms with van der Waals surface area (Å²) in [6, 6.07) is 9.37. The van der Waals surface area contributed by atoms with Gasteiger partial charge in [0.15, 0.2) is 0 Å². The molecule has 0 bridgehead atoms. The van der Waals surface area contributed by atoms with Crippen LogP contribution >= 0.6 is 0 Å². The average Bonchev–Trinajstić information content (AvgIpc) is 3.12. The van der Waals surface area contributed by atoms with E-state index in [1.807, 2.05) is 19.9 Å². The zero-order valence-corrected chi connectivity index (χ0v) is 16.8. The Kier molecular flexibility index (Phi) is 4.70. The molecule has 4 rings (SSSR count). The second-order valence-corrected chi connectivity index (χ2v) is 8.71. The molecule has 2 amide bonds. The lowest BCUT2D eigenvalue weighted by Gasteiger charge is -2.17. The van der Waals surface area contributed by atoms with Crippen molar-refractivity contribution in [3.05, 3.63) is 47.5 Å². The number of fused-ring (bicyclic) bond motifs is 2. The molecule has 9 heteroatoms. The summed E-state index contributed by atoms with van der Waals surface area (Å²) in [4.78, 5) is 25.0. The van der Waals surface area contributed by atoms with Gasteiger partial charge in [0.05, 0.1) is 17.9 Å². The fourth-order valence-electron chi connectivity index (χ4n) is 3.52. The highest BCUT2D eigenvalue weighted by Gasteiger charge is 2.41. The van der Waals surface area contributed by atoms with Crippen LogP contribution in [0.5, 0.6) is 11.5 Å². The lowest BCUT2D eigenvalue weighted by Crippen LogP contribution is -2.37. The standard InChI is InChI=1S/C20H20N2O6S/c1-3-27-17-9-13-8-12(2)28-16(13)10-15(17)21-19(23)11-22-20(24)14-6-4-5-7-18(14)29(22,25)26/h4-7,9-10,12H,3,8,11H2,1-2H3,(H,21,23)/t12-/m1/s1. The lowest BCUT2D eigenvalue weighted by molar-refractivity contribution is -0.116. The predicted octanol–water partition coefficient (Wildman–Crippen LogP) is 2.19. The van der Waals surface area contributed by atoms with Crippen LogP contribution < -0.4 is 14.8 Å². The van der Waals surface area contributed by atoms with E-state index < -0.39 is 28.4 Å². The number of sulfonamides is 1. The molecule has 2 aromatic rings. The molecule has 0 aliphatic carbocycles. The molecule has 0 aromatic heterocycles. The van der Waals surface area contributed by atoms with Gasteiger partial charge >= 0.3 is 0 Å². The molecular weight excluding hydrogens is 396 g/mol. The first-order valence-corrected chi connectivity index (χ1v) is 10.7. The Bertz CT molecular complexity index is 1110. The highest BCUT2D eigenvalue weighted by molar-refractivity contribution is 7.90. The minimum atomic E-state index is -4.05. The maximum Gasteiger partial charge on any atom is 0.269 e. The number of ether oxygens (including phenoxy) is 2. The number of nitrogens with zero attached hydrogens (tertiary/aromatic N) is 1. The first kappa shape index (κ1) is 19.3. The van der Waals surface area contributed by atoms with Crippen molar-refractivity contribution in [2.45, 2.75) is 31.3 Å². The summed E-state index contributed by atoms with van der Waals surface area (Å²) >= 11 is 0. The second kappa shape index (κ2) is 7.07. The number of benzene rings is 2. The van der Waals surface area contributed by atoms with E-state index in [2.05, 4.69) is 5.32 Å². The van der Waals surface area contributed by atoms with Gasteiger partial charge in [-0.05, 0) is 32.0 Å². The summed E-state index contributed by atoms with van der Waals surface area (Å²) in [6.45, 7) is 3.53. The van der Waals surface area contributed by atoms with Crippen molar-refractivity contribution in [2.24, 2.45) is 0 Å². The molecule has 0 unspecified atom stereocenters. The predicted molar refractivity (Wildman–Crippen MR) is 105 cm³/mol. The van der Waals surface area contributed by atoms with Crippen molar-refractivity contribution in [1.82, 2.24) is 4.31 Å².